The molecule has 0 spiro atoms. The van der Waals surface area contributed by atoms with Crippen LogP contribution in [-0.4, -0.2) is 29.8 Å². The number of carbonyl (C=O) groups excluding carboxylic acids is 1. The Labute approximate surface area is 73.5 Å². The highest BCUT2D eigenvalue weighted by Crippen LogP contribution is 2.01. The topological polar surface area (TPSA) is 20.3 Å². The molecule has 0 aromatic heterocycles. The van der Waals surface area contributed by atoms with Gasteiger partial charge in [0, 0.05) is 0 Å². The van der Waals surface area contributed by atoms with Gasteiger partial charge in [-0.25, -0.2) is 0 Å². The molecule has 0 aromatic rings. The van der Waals surface area contributed by atoms with Crippen LogP contribution < -0.4 is 0 Å². The maximum absolute atomic E-state index is 10.7. The summed E-state index contributed by atoms with van der Waals surface area (Å²) in [5.74, 6) is 0. The van der Waals surface area contributed by atoms with Crippen molar-refractivity contribution in [3.63, 3.8) is 0 Å². The molecule has 0 heterocycles. The van der Waals surface area contributed by atoms with Crippen LogP contribution in [0.3, 0.4) is 0 Å². The molecule has 11 heavy (non-hydrogen) atoms. The largest absolute Gasteiger partial charge is 0.296 e. The minimum absolute atomic E-state index is 0.150. The zero-order chi connectivity index (χ0) is 8.85. The van der Waals surface area contributed by atoms with Crippen molar-refractivity contribution in [2.24, 2.45) is 0 Å². The molecule has 3 heteroatoms. The van der Waals surface area contributed by atoms with E-state index in [9.17, 15) is 4.79 Å². The Morgan fingerprint density at radius 1 is 1.64 bits per heavy atom. The minimum atomic E-state index is -0.274. The average Bonchev–Trinajstić information content (AvgIpc) is 1.98. The summed E-state index contributed by atoms with van der Waals surface area (Å²) in [5, 5.41) is -0.274. The molecule has 0 fully saturated rings. The summed E-state index contributed by atoms with van der Waals surface area (Å²) in [5.41, 5.74) is 0. The highest BCUT2D eigenvalue weighted by Gasteiger charge is 2.14. The van der Waals surface area contributed by atoms with Crippen molar-refractivity contribution in [2.75, 3.05) is 13.6 Å². The zero-order valence-electron chi connectivity index (χ0n) is 7.43. The second-order valence-electron chi connectivity index (χ2n) is 2.81. The molecule has 0 saturated carbocycles. The van der Waals surface area contributed by atoms with Gasteiger partial charge in [-0.15, -0.1) is 0 Å². The van der Waals surface area contributed by atoms with Crippen LogP contribution in [0, 0.1) is 0 Å². The average molecular weight is 178 g/mol. The molecular formula is C8H16ClNO. The fraction of sp³-hybridized carbons (Fsp3) is 0.875. The molecule has 1 unspecified atom stereocenters. The van der Waals surface area contributed by atoms with Crippen LogP contribution in [-0.2, 0) is 4.79 Å². The first-order valence-corrected chi connectivity index (χ1v) is 4.37. The van der Waals surface area contributed by atoms with E-state index in [1.165, 1.54) is 0 Å². The fourth-order valence-electron chi connectivity index (χ4n) is 0.774. The van der Waals surface area contributed by atoms with E-state index in [0.717, 1.165) is 19.4 Å². The van der Waals surface area contributed by atoms with Gasteiger partial charge in [0.25, 0.3) is 0 Å². The zero-order valence-corrected chi connectivity index (χ0v) is 8.19. The lowest BCUT2D eigenvalue weighted by atomic mass is 10.3. The van der Waals surface area contributed by atoms with Crippen LogP contribution in [0.2, 0.25) is 0 Å². The molecule has 0 aliphatic carbocycles. The highest BCUT2D eigenvalue weighted by molar-refractivity contribution is 6.64. The van der Waals surface area contributed by atoms with Gasteiger partial charge in [0.2, 0.25) is 5.24 Å². The summed E-state index contributed by atoms with van der Waals surface area (Å²) < 4.78 is 0. The van der Waals surface area contributed by atoms with E-state index in [4.69, 9.17) is 11.6 Å². The molecule has 0 radical (unpaired) electrons. The molecule has 0 amide bonds. The monoisotopic (exact) mass is 177 g/mol. The SMILES string of the molecule is CCCCN(C)C(C)C(=O)Cl. The van der Waals surface area contributed by atoms with E-state index in [1.807, 2.05) is 18.9 Å². The third-order valence-corrected chi connectivity index (χ3v) is 2.17. The van der Waals surface area contributed by atoms with Crippen molar-refractivity contribution >= 4 is 16.8 Å². The van der Waals surface area contributed by atoms with Crippen LogP contribution in [0.5, 0.6) is 0 Å². The minimum Gasteiger partial charge on any atom is -0.296 e. The van der Waals surface area contributed by atoms with Gasteiger partial charge in [-0.2, -0.15) is 0 Å². The Hall–Kier alpha value is -0.0800. The van der Waals surface area contributed by atoms with Crippen molar-refractivity contribution in [1.29, 1.82) is 0 Å². The second-order valence-corrected chi connectivity index (χ2v) is 3.19. The molecule has 0 aromatic carbocycles. The van der Waals surface area contributed by atoms with Crippen LogP contribution in [0.15, 0.2) is 0 Å². The summed E-state index contributed by atoms with van der Waals surface area (Å²) in [6, 6.07) is -0.150. The Kier molecular flexibility index (Phi) is 5.51. The third-order valence-electron chi connectivity index (χ3n) is 1.85. The Morgan fingerprint density at radius 3 is 2.55 bits per heavy atom. The normalized spacial score (nSPS) is 13.5. The number of halogens is 1. The summed E-state index contributed by atoms with van der Waals surface area (Å²) in [4.78, 5) is 12.6. The Morgan fingerprint density at radius 2 is 2.18 bits per heavy atom. The lowest BCUT2D eigenvalue weighted by Gasteiger charge is -2.20. The van der Waals surface area contributed by atoms with Crippen LogP contribution in [0.1, 0.15) is 26.7 Å². The summed E-state index contributed by atoms with van der Waals surface area (Å²) >= 11 is 5.32. The number of unbranched alkanes of at least 4 members (excludes halogenated alkanes) is 1. The Bertz CT molecular complexity index is 127. The van der Waals surface area contributed by atoms with Gasteiger partial charge in [0.15, 0.2) is 0 Å². The summed E-state index contributed by atoms with van der Waals surface area (Å²) in [7, 11) is 1.92. The van der Waals surface area contributed by atoms with E-state index < -0.39 is 0 Å². The standard InChI is InChI=1S/C8H16ClNO/c1-4-5-6-10(3)7(2)8(9)11/h7H,4-6H2,1-3H3. The molecule has 0 N–H and O–H groups in total. The lowest BCUT2D eigenvalue weighted by Crippen LogP contribution is -2.34. The number of nitrogens with zero attached hydrogens (tertiary/aromatic N) is 1. The van der Waals surface area contributed by atoms with Crippen molar-refractivity contribution < 1.29 is 4.79 Å². The van der Waals surface area contributed by atoms with Gasteiger partial charge >= 0.3 is 0 Å². The quantitative estimate of drug-likeness (QED) is 0.598. The first-order chi connectivity index (χ1) is 5.09. The molecule has 0 aliphatic heterocycles. The van der Waals surface area contributed by atoms with Gasteiger partial charge in [-0.3, -0.25) is 9.69 Å². The molecule has 0 saturated heterocycles. The van der Waals surface area contributed by atoms with Crippen molar-refractivity contribution in [3.8, 4) is 0 Å². The maximum Gasteiger partial charge on any atom is 0.238 e. The number of carbonyl (C=O) groups is 1. The van der Waals surface area contributed by atoms with Crippen LogP contribution in [0.4, 0.5) is 0 Å². The van der Waals surface area contributed by atoms with E-state index in [1.54, 1.807) is 0 Å². The maximum atomic E-state index is 10.7. The highest BCUT2D eigenvalue weighted by atomic mass is 35.5. The predicted molar refractivity (Wildman–Crippen MR) is 47.9 cm³/mol. The number of hydrogen-bond acceptors (Lipinski definition) is 2. The van der Waals surface area contributed by atoms with E-state index in [2.05, 4.69) is 6.92 Å². The number of rotatable bonds is 5. The molecule has 66 valence electrons. The Balaban J connectivity index is 3.63. The van der Waals surface area contributed by atoms with Crippen molar-refractivity contribution in [3.05, 3.63) is 0 Å². The first kappa shape index (κ1) is 10.9. The summed E-state index contributed by atoms with van der Waals surface area (Å²) in [6.45, 7) is 4.89. The molecule has 0 rings (SSSR count). The smallest absolute Gasteiger partial charge is 0.238 e. The lowest BCUT2D eigenvalue weighted by molar-refractivity contribution is -0.115. The van der Waals surface area contributed by atoms with Gasteiger partial charge in [-0.05, 0) is 38.5 Å². The van der Waals surface area contributed by atoms with Gasteiger partial charge in [-0.1, -0.05) is 13.3 Å². The number of likely N-dealkylation sites (N-methyl/N-ethyl adjacent to an activating group) is 1. The van der Waals surface area contributed by atoms with E-state index in [0.29, 0.717) is 0 Å². The van der Waals surface area contributed by atoms with Gasteiger partial charge < -0.3 is 0 Å². The molecule has 0 bridgehead atoms. The number of hydrogen-bond donors (Lipinski definition) is 0. The second kappa shape index (κ2) is 5.56. The molecule has 1 atom stereocenters. The predicted octanol–water partition coefficient (Wildman–Crippen LogP) is 1.87. The van der Waals surface area contributed by atoms with Crippen molar-refractivity contribution in [2.45, 2.75) is 32.7 Å². The van der Waals surface area contributed by atoms with Crippen LogP contribution in [0.25, 0.3) is 0 Å². The van der Waals surface area contributed by atoms with E-state index in [-0.39, 0.29) is 11.3 Å². The third kappa shape index (κ3) is 4.38. The van der Waals surface area contributed by atoms with E-state index >= 15 is 0 Å². The molecule has 2 nitrogen and oxygen atoms in total. The van der Waals surface area contributed by atoms with Gasteiger partial charge in [0.05, 0.1) is 6.04 Å². The van der Waals surface area contributed by atoms with Gasteiger partial charge in [0.1, 0.15) is 0 Å². The fourth-order valence-corrected chi connectivity index (χ4v) is 0.941. The van der Waals surface area contributed by atoms with Crippen LogP contribution >= 0.6 is 11.6 Å². The molecular weight excluding hydrogens is 162 g/mol. The summed E-state index contributed by atoms with van der Waals surface area (Å²) in [6.07, 6.45) is 2.26. The molecule has 0 aliphatic rings. The first-order valence-electron chi connectivity index (χ1n) is 3.99. The van der Waals surface area contributed by atoms with Crippen molar-refractivity contribution in [1.82, 2.24) is 4.90 Å².